The highest BCUT2D eigenvalue weighted by molar-refractivity contribution is 7.12. The summed E-state index contributed by atoms with van der Waals surface area (Å²) in [5.41, 5.74) is 6.87. The third-order valence-electron chi connectivity index (χ3n) is 2.32. The molecular formula is C11H14N2OS. The van der Waals surface area contributed by atoms with Gasteiger partial charge >= 0.3 is 0 Å². The SMILES string of the molecule is CCC(N)c1nc(-c2ccco2)c(C)s1. The number of aryl methyl sites for hydroxylation is 1. The molecule has 1 atom stereocenters. The normalized spacial score (nSPS) is 13.0. The largest absolute Gasteiger partial charge is 0.463 e. The molecule has 2 aromatic rings. The Morgan fingerprint density at radius 1 is 1.60 bits per heavy atom. The minimum absolute atomic E-state index is 0.0393. The molecule has 2 N–H and O–H groups in total. The first-order valence-electron chi connectivity index (χ1n) is 4.99. The number of thiazole rings is 1. The summed E-state index contributed by atoms with van der Waals surface area (Å²) in [6, 6.07) is 3.83. The van der Waals surface area contributed by atoms with Gasteiger partial charge in [-0.25, -0.2) is 4.98 Å². The molecule has 0 bridgehead atoms. The zero-order chi connectivity index (χ0) is 10.8. The molecule has 0 fully saturated rings. The van der Waals surface area contributed by atoms with Crippen LogP contribution in [0.25, 0.3) is 11.5 Å². The molecule has 0 radical (unpaired) electrons. The Hall–Kier alpha value is -1.13. The number of nitrogens with two attached hydrogens (primary N) is 1. The summed E-state index contributed by atoms with van der Waals surface area (Å²) in [6.07, 6.45) is 2.57. The van der Waals surface area contributed by atoms with E-state index >= 15 is 0 Å². The average molecular weight is 222 g/mol. The molecule has 1 unspecified atom stereocenters. The summed E-state index contributed by atoms with van der Waals surface area (Å²) in [6.45, 7) is 4.11. The maximum Gasteiger partial charge on any atom is 0.153 e. The zero-order valence-electron chi connectivity index (χ0n) is 8.86. The van der Waals surface area contributed by atoms with Gasteiger partial charge in [0, 0.05) is 4.88 Å². The highest BCUT2D eigenvalue weighted by Crippen LogP contribution is 2.30. The third kappa shape index (κ3) is 1.96. The van der Waals surface area contributed by atoms with E-state index in [1.165, 1.54) is 0 Å². The van der Waals surface area contributed by atoms with Crippen LogP contribution in [0.4, 0.5) is 0 Å². The van der Waals surface area contributed by atoms with Crippen LogP contribution in [0, 0.1) is 6.92 Å². The molecule has 0 aliphatic rings. The summed E-state index contributed by atoms with van der Waals surface area (Å²) in [5.74, 6) is 0.818. The first kappa shape index (κ1) is 10.4. The van der Waals surface area contributed by atoms with Crippen molar-refractivity contribution in [3.05, 3.63) is 28.3 Å². The summed E-state index contributed by atoms with van der Waals surface area (Å²) in [7, 11) is 0. The van der Waals surface area contributed by atoms with Gasteiger partial charge in [-0.15, -0.1) is 11.3 Å². The van der Waals surface area contributed by atoms with E-state index in [2.05, 4.69) is 11.9 Å². The Balaban J connectivity index is 2.38. The first-order chi connectivity index (χ1) is 7.22. The second-order valence-electron chi connectivity index (χ2n) is 3.45. The number of hydrogen-bond donors (Lipinski definition) is 1. The van der Waals surface area contributed by atoms with E-state index in [1.807, 2.05) is 19.1 Å². The average Bonchev–Trinajstić information content (AvgIpc) is 2.84. The maximum absolute atomic E-state index is 5.95. The van der Waals surface area contributed by atoms with Crippen LogP contribution in [-0.2, 0) is 0 Å². The van der Waals surface area contributed by atoms with Crippen LogP contribution in [0.15, 0.2) is 22.8 Å². The van der Waals surface area contributed by atoms with E-state index in [0.29, 0.717) is 0 Å². The van der Waals surface area contributed by atoms with E-state index < -0.39 is 0 Å². The fourth-order valence-electron chi connectivity index (χ4n) is 1.39. The molecule has 0 amide bonds. The summed E-state index contributed by atoms with van der Waals surface area (Å²) in [5, 5.41) is 0.987. The molecule has 0 aliphatic carbocycles. The van der Waals surface area contributed by atoms with Crippen LogP contribution in [-0.4, -0.2) is 4.98 Å². The Bertz CT molecular complexity index is 433. The van der Waals surface area contributed by atoms with Gasteiger partial charge < -0.3 is 10.2 Å². The van der Waals surface area contributed by atoms with E-state index in [9.17, 15) is 0 Å². The molecule has 0 saturated carbocycles. The van der Waals surface area contributed by atoms with E-state index in [1.54, 1.807) is 17.6 Å². The van der Waals surface area contributed by atoms with Gasteiger partial charge in [0.2, 0.25) is 0 Å². The van der Waals surface area contributed by atoms with E-state index in [-0.39, 0.29) is 6.04 Å². The van der Waals surface area contributed by atoms with Crippen molar-refractivity contribution in [1.29, 1.82) is 0 Å². The fourth-order valence-corrected chi connectivity index (χ4v) is 2.40. The number of furan rings is 1. The monoisotopic (exact) mass is 222 g/mol. The van der Waals surface area contributed by atoms with Gasteiger partial charge in [0.05, 0.1) is 12.3 Å². The number of nitrogens with zero attached hydrogens (tertiary/aromatic N) is 1. The Labute approximate surface area is 92.9 Å². The third-order valence-corrected chi connectivity index (χ3v) is 3.43. The van der Waals surface area contributed by atoms with Gasteiger partial charge in [0.15, 0.2) is 5.76 Å². The molecule has 3 nitrogen and oxygen atoms in total. The molecule has 15 heavy (non-hydrogen) atoms. The van der Waals surface area contributed by atoms with Crippen molar-refractivity contribution in [2.24, 2.45) is 5.73 Å². The molecule has 0 saturated heterocycles. The highest BCUT2D eigenvalue weighted by atomic mass is 32.1. The predicted molar refractivity (Wildman–Crippen MR) is 61.8 cm³/mol. The van der Waals surface area contributed by atoms with Gasteiger partial charge in [-0.3, -0.25) is 0 Å². The summed E-state index contributed by atoms with van der Waals surface area (Å²) >= 11 is 1.65. The Morgan fingerprint density at radius 3 is 3.00 bits per heavy atom. The summed E-state index contributed by atoms with van der Waals surface area (Å²) in [4.78, 5) is 5.68. The minimum Gasteiger partial charge on any atom is -0.463 e. The van der Waals surface area contributed by atoms with E-state index in [4.69, 9.17) is 10.2 Å². The fraction of sp³-hybridized carbons (Fsp3) is 0.364. The standard InChI is InChI=1S/C11H14N2OS/c1-3-8(12)11-13-10(7(2)15-11)9-5-4-6-14-9/h4-6,8H,3,12H2,1-2H3. The van der Waals surface area contributed by atoms with Crippen LogP contribution < -0.4 is 5.73 Å². The first-order valence-corrected chi connectivity index (χ1v) is 5.80. The molecule has 2 heterocycles. The van der Waals surface area contributed by atoms with Crippen molar-refractivity contribution in [3.63, 3.8) is 0 Å². The van der Waals surface area contributed by atoms with Crippen molar-refractivity contribution in [3.8, 4) is 11.5 Å². The van der Waals surface area contributed by atoms with Gasteiger partial charge in [-0.2, -0.15) is 0 Å². The van der Waals surface area contributed by atoms with Crippen LogP contribution in [0.5, 0.6) is 0 Å². The van der Waals surface area contributed by atoms with Crippen LogP contribution >= 0.6 is 11.3 Å². The van der Waals surface area contributed by atoms with Crippen LogP contribution in [0.3, 0.4) is 0 Å². The van der Waals surface area contributed by atoms with E-state index in [0.717, 1.165) is 27.8 Å². The van der Waals surface area contributed by atoms with Crippen LogP contribution in [0.2, 0.25) is 0 Å². The topological polar surface area (TPSA) is 52.0 Å². The lowest BCUT2D eigenvalue weighted by Gasteiger charge is -2.01. The van der Waals surface area contributed by atoms with Gasteiger partial charge in [-0.1, -0.05) is 6.92 Å². The molecule has 2 rings (SSSR count). The second kappa shape index (κ2) is 4.16. The quantitative estimate of drug-likeness (QED) is 0.868. The van der Waals surface area contributed by atoms with Crippen molar-refractivity contribution in [1.82, 2.24) is 4.98 Å². The second-order valence-corrected chi connectivity index (χ2v) is 4.68. The van der Waals surface area contributed by atoms with Crippen LogP contribution in [0.1, 0.15) is 29.3 Å². The van der Waals surface area contributed by atoms with Crippen molar-refractivity contribution in [2.45, 2.75) is 26.3 Å². The molecule has 0 aliphatic heterocycles. The molecular weight excluding hydrogens is 208 g/mol. The lowest BCUT2D eigenvalue weighted by Crippen LogP contribution is -2.07. The predicted octanol–water partition coefficient (Wildman–Crippen LogP) is 3.12. The maximum atomic E-state index is 5.95. The van der Waals surface area contributed by atoms with Crippen molar-refractivity contribution >= 4 is 11.3 Å². The Kier molecular flexibility index (Phi) is 2.88. The number of rotatable bonds is 3. The Morgan fingerprint density at radius 2 is 2.40 bits per heavy atom. The van der Waals surface area contributed by atoms with Crippen molar-refractivity contribution in [2.75, 3.05) is 0 Å². The van der Waals surface area contributed by atoms with Crippen molar-refractivity contribution < 1.29 is 4.42 Å². The summed E-state index contributed by atoms with van der Waals surface area (Å²) < 4.78 is 5.33. The van der Waals surface area contributed by atoms with Gasteiger partial charge in [0.25, 0.3) is 0 Å². The zero-order valence-corrected chi connectivity index (χ0v) is 9.67. The lowest BCUT2D eigenvalue weighted by atomic mass is 10.2. The number of aromatic nitrogens is 1. The molecule has 0 spiro atoms. The number of hydrogen-bond acceptors (Lipinski definition) is 4. The molecule has 4 heteroatoms. The molecule has 80 valence electrons. The highest BCUT2D eigenvalue weighted by Gasteiger charge is 2.15. The smallest absolute Gasteiger partial charge is 0.153 e. The molecule has 2 aromatic heterocycles. The van der Waals surface area contributed by atoms with Gasteiger partial charge in [0.1, 0.15) is 10.7 Å². The van der Waals surface area contributed by atoms with Gasteiger partial charge in [-0.05, 0) is 25.5 Å². The molecule has 0 aromatic carbocycles. The lowest BCUT2D eigenvalue weighted by molar-refractivity contribution is 0.579. The minimum atomic E-state index is 0.0393.